The van der Waals surface area contributed by atoms with Crippen LogP contribution >= 0.6 is 23.4 Å². The third-order valence-electron chi connectivity index (χ3n) is 4.87. The van der Waals surface area contributed by atoms with E-state index in [4.69, 9.17) is 16.0 Å². The molecule has 0 spiro atoms. The highest BCUT2D eigenvalue weighted by Gasteiger charge is 2.35. The predicted octanol–water partition coefficient (Wildman–Crippen LogP) is 5.98. The fraction of sp³-hybridized carbons (Fsp3) is 0.182. The first-order valence-electron chi connectivity index (χ1n) is 9.44. The molecule has 10 heteroatoms. The summed E-state index contributed by atoms with van der Waals surface area (Å²) in [5.41, 5.74) is -0.419. The highest BCUT2D eigenvalue weighted by Crippen LogP contribution is 2.40. The lowest BCUT2D eigenvalue weighted by molar-refractivity contribution is -0.137. The standard InChI is InChI=1S/C22H16ClF3N2O3S/c23-15-7-8-18(17(10-15)22(24,25)26)27-20(30)13-3-5-14(6-4-13)21-28(19(29)12-32-21)11-16-2-1-9-31-16/h1-10,21H,11-12H2,(H,27,30)/t21-/m0/s1. The van der Waals surface area contributed by atoms with E-state index in [1.807, 2.05) is 0 Å². The van der Waals surface area contributed by atoms with Crippen molar-refractivity contribution in [2.75, 3.05) is 11.1 Å². The van der Waals surface area contributed by atoms with Gasteiger partial charge in [0.1, 0.15) is 11.1 Å². The van der Waals surface area contributed by atoms with Gasteiger partial charge in [-0.25, -0.2) is 0 Å². The molecule has 32 heavy (non-hydrogen) atoms. The molecule has 0 radical (unpaired) electrons. The summed E-state index contributed by atoms with van der Waals surface area (Å²) in [6, 6.07) is 13.1. The number of anilines is 1. The van der Waals surface area contributed by atoms with Gasteiger partial charge in [-0.1, -0.05) is 23.7 Å². The van der Waals surface area contributed by atoms with E-state index in [0.29, 0.717) is 18.1 Å². The number of nitrogens with zero attached hydrogens (tertiary/aromatic N) is 1. The van der Waals surface area contributed by atoms with Crippen LogP contribution in [0.5, 0.6) is 0 Å². The van der Waals surface area contributed by atoms with Gasteiger partial charge in [0.25, 0.3) is 5.91 Å². The Hall–Kier alpha value is -2.91. The summed E-state index contributed by atoms with van der Waals surface area (Å²) in [5, 5.41) is 1.96. The van der Waals surface area contributed by atoms with Crippen LogP contribution in [0.3, 0.4) is 0 Å². The number of alkyl halides is 3. The molecule has 0 saturated carbocycles. The maximum Gasteiger partial charge on any atom is 0.418 e. The minimum absolute atomic E-state index is 0.0272. The Morgan fingerprint density at radius 3 is 2.59 bits per heavy atom. The van der Waals surface area contributed by atoms with Crippen molar-refractivity contribution in [3.8, 4) is 0 Å². The average molecular weight is 481 g/mol. The predicted molar refractivity (Wildman–Crippen MR) is 115 cm³/mol. The van der Waals surface area contributed by atoms with E-state index in [1.165, 1.54) is 36.2 Å². The summed E-state index contributed by atoms with van der Waals surface area (Å²) in [6.45, 7) is 0.322. The van der Waals surface area contributed by atoms with Crippen molar-refractivity contribution in [2.45, 2.75) is 18.1 Å². The van der Waals surface area contributed by atoms with E-state index >= 15 is 0 Å². The highest BCUT2D eigenvalue weighted by molar-refractivity contribution is 8.00. The molecule has 2 aromatic carbocycles. The van der Waals surface area contributed by atoms with Gasteiger partial charge in [0.2, 0.25) is 5.91 Å². The average Bonchev–Trinajstić information content (AvgIpc) is 3.39. The van der Waals surface area contributed by atoms with Crippen LogP contribution in [0, 0.1) is 0 Å². The van der Waals surface area contributed by atoms with Gasteiger partial charge >= 0.3 is 6.18 Å². The van der Waals surface area contributed by atoms with E-state index in [2.05, 4.69) is 5.32 Å². The third-order valence-corrected chi connectivity index (χ3v) is 6.36. The molecule has 0 aliphatic carbocycles. The molecule has 1 atom stereocenters. The number of hydrogen-bond acceptors (Lipinski definition) is 4. The number of carbonyl (C=O) groups is 2. The maximum absolute atomic E-state index is 13.3. The molecule has 166 valence electrons. The van der Waals surface area contributed by atoms with Crippen LogP contribution in [0.2, 0.25) is 5.02 Å². The van der Waals surface area contributed by atoms with Crippen LogP contribution < -0.4 is 5.32 Å². The smallest absolute Gasteiger partial charge is 0.418 e. The van der Waals surface area contributed by atoms with Crippen LogP contribution in [0.15, 0.2) is 65.3 Å². The van der Waals surface area contributed by atoms with Gasteiger partial charge in [-0.15, -0.1) is 11.8 Å². The second-order valence-electron chi connectivity index (χ2n) is 7.03. The van der Waals surface area contributed by atoms with Gasteiger partial charge in [0.05, 0.1) is 29.8 Å². The fourth-order valence-electron chi connectivity index (χ4n) is 3.33. The van der Waals surface area contributed by atoms with E-state index in [0.717, 1.165) is 17.7 Å². The topological polar surface area (TPSA) is 62.6 Å². The number of thioether (sulfide) groups is 1. The van der Waals surface area contributed by atoms with Crippen LogP contribution in [0.4, 0.5) is 18.9 Å². The number of benzene rings is 2. The molecule has 1 aliphatic heterocycles. The lowest BCUT2D eigenvalue weighted by Gasteiger charge is -2.23. The van der Waals surface area contributed by atoms with E-state index in [1.54, 1.807) is 29.2 Å². The number of nitrogens with one attached hydrogen (secondary N) is 1. The molecule has 1 aromatic heterocycles. The number of halogens is 4. The minimum atomic E-state index is -4.67. The molecule has 2 amide bonds. The van der Waals surface area contributed by atoms with E-state index in [9.17, 15) is 22.8 Å². The molecule has 1 saturated heterocycles. The monoisotopic (exact) mass is 480 g/mol. The lowest BCUT2D eigenvalue weighted by atomic mass is 10.1. The Kier molecular flexibility index (Phi) is 6.21. The molecule has 5 nitrogen and oxygen atoms in total. The summed E-state index contributed by atoms with van der Waals surface area (Å²) < 4.78 is 45.1. The van der Waals surface area contributed by atoms with Gasteiger partial charge in [0, 0.05) is 10.6 Å². The van der Waals surface area contributed by atoms with E-state index < -0.39 is 17.6 Å². The number of hydrogen-bond donors (Lipinski definition) is 1. The van der Waals surface area contributed by atoms with Gasteiger partial charge in [0.15, 0.2) is 0 Å². The van der Waals surface area contributed by atoms with Crippen molar-refractivity contribution < 1.29 is 27.2 Å². The molecule has 1 aliphatic rings. The zero-order valence-electron chi connectivity index (χ0n) is 16.4. The molecular weight excluding hydrogens is 465 g/mol. The molecule has 0 unspecified atom stereocenters. The van der Waals surface area contributed by atoms with Gasteiger partial charge in [-0.05, 0) is 48.0 Å². The molecule has 1 N–H and O–H groups in total. The summed E-state index contributed by atoms with van der Waals surface area (Å²) in [4.78, 5) is 26.5. The Labute approximate surface area is 190 Å². The second-order valence-corrected chi connectivity index (χ2v) is 8.53. The Morgan fingerprint density at radius 1 is 1.19 bits per heavy atom. The Morgan fingerprint density at radius 2 is 1.94 bits per heavy atom. The van der Waals surface area contributed by atoms with Crippen molar-refractivity contribution in [2.24, 2.45) is 0 Å². The van der Waals surface area contributed by atoms with Gasteiger partial charge in [-0.3, -0.25) is 9.59 Å². The molecule has 0 bridgehead atoms. The minimum Gasteiger partial charge on any atom is -0.467 e. The molecule has 4 rings (SSSR count). The molecule has 1 fully saturated rings. The summed E-state index contributed by atoms with van der Waals surface area (Å²) in [6.07, 6.45) is -3.13. The van der Waals surface area contributed by atoms with Crippen molar-refractivity contribution in [1.29, 1.82) is 0 Å². The van der Waals surface area contributed by atoms with Crippen molar-refractivity contribution >= 4 is 40.9 Å². The number of carbonyl (C=O) groups excluding carboxylic acids is 2. The maximum atomic E-state index is 13.3. The largest absolute Gasteiger partial charge is 0.467 e. The second kappa shape index (κ2) is 8.91. The van der Waals surface area contributed by atoms with Crippen molar-refractivity contribution in [3.05, 3.63) is 88.3 Å². The first-order chi connectivity index (χ1) is 15.2. The normalized spacial score (nSPS) is 16.4. The van der Waals surface area contributed by atoms with Gasteiger partial charge < -0.3 is 14.6 Å². The fourth-order valence-corrected chi connectivity index (χ4v) is 4.69. The number of rotatable bonds is 5. The van der Waals surface area contributed by atoms with Crippen molar-refractivity contribution in [3.63, 3.8) is 0 Å². The number of amides is 2. The van der Waals surface area contributed by atoms with Crippen LogP contribution in [-0.4, -0.2) is 22.5 Å². The Bertz CT molecular complexity index is 1130. The lowest BCUT2D eigenvalue weighted by Crippen LogP contribution is -2.27. The van der Waals surface area contributed by atoms with E-state index in [-0.39, 0.29) is 27.6 Å². The molecule has 3 aromatic rings. The first kappa shape index (κ1) is 22.3. The van der Waals surface area contributed by atoms with Crippen LogP contribution in [-0.2, 0) is 17.5 Å². The van der Waals surface area contributed by atoms with Crippen molar-refractivity contribution in [1.82, 2.24) is 4.90 Å². The summed E-state index contributed by atoms with van der Waals surface area (Å²) in [7, 11) is 0. The molecular formula is C22H16ClF3N2O3S. The van der Waals surface area contributed by atoms with Crippen LogP contribution in [0.1, 0.15) is 32.6 Å². The zero-order chi connectivity index (χ0) is 22.9. The molecule has 2 heterocycles. The Balaban J connectivity index is 1.50. The van der Waals surface area contributed by atoms with Crippen LogP contribution in [0.25, 0.3) is 0 Å². The van der Waals surface area contributed by atoms with Gasteiger partial charge in [-0.2, -0.15) is 13.2 Å². The zero-order valence-corrected chi connectivity index (χ0v) is 17.9. The number of furan rings is 1. The highest BCUT2D eigenvalue weighted by atomic mass is 35.5. The summed E-state index contributed by atoms with van der Waals surface area (Å²) >= 11 is 7.13. The quantitative estimate of drug-likeness (QED) is 0.488. The first-order valence-corrected chi connectivity index (χ1v) is 10.9. The third kappa shape index (κ3) is 4.78. The summed E-state index contributed by atoms with van der Waals surface area (Å²) in [5.74, 6) is 0.266. The SMILES string of the molecule is O=C(Nc1ccc(Cl)cc1C(F)(F)F)c1ccc([C@@H]2SCC(=O)N2Cc2ccco2)cc1.